The largest absolute Gasteiger partial charge is 0.383 e. The van der Waals surface area contributed by atoms with Gasteiger partial charge >= 0.3 is 6.03 Å². The average molecular weight is 380 g/mol. The Morgan fingerprint density at radius 3 is 2.52 bits per heavy atom. The summed E-state index contributed by atoms with van der Waals surface area (Å²) >= 11 is 11.8. The number of aromatic nitrogens is 1. The van der Waals surface area contributed by atoms with Gasteiger partial charge in [0.05, 0.1) is 15.7 Å². The van der Waals surface area contributed by atoms with E-state index < -0.39 is 5.60 Å². The number of aliphatic hydroxyl groups is 1. The van der Waals surface area contributed by atoms with Crippen molar-refractivity contribution in [2.24, 2.45) is 0 Å². The van der Waals surface area contributed by atoms with E-state index in [0.29, 0.717) is 47.4 Å². The number of rotatable bonds is 2. The van der Waals surface area contributed by atoms with Gasteiger partial charge in [0, 0.05) is 25.0 Å². The molecule has 1 aromatic carbocycles. The van der Waals surface area contributed by atoms with Crippen LogP contribution >= 0.6 is 23.2 Å². The maximum atomic E-state index is 12.4. The van der Waals surface area contributed by atoms with E-state index in [9.17, 15) is 9.90 Å². The number of urea groups is 1. The highest BCUT2D eigenvalue weighted by Crippen LogP contribution is 2.32. The molecule has 0 aliphatic carbocycles. The maximum absolute atomic E-state index is 12.4. The number of halogens is 2. The third-order valence-corrected chi connectivity index (χ3v) is 5.18. The molecule has 0 spiro atoms. The van der Waals surface area contributed by atoms with Gasteiger partial charge < -0.3 is 15.3 Å². The van der Waals surface area contributed by atoms with Crippen LogP contribution in [0, 0.1) is 6.92 Å². The van der Waals surface area contributed by atoms with Crippen molar-refractivity contribution in [2.75, 3.05) is 18.4 Å². The Morgan fingerprint density at radius 1 is 1.20 bits per heavy atom. The molecule has 0 radical (unpaired) electrons. The summed E-state index contributed by atoms with van der Waals surface area (Å²) in [5, 5.41) is 14.5. The fourth-order valence-electron chi connectivity index (χ4n) is 2.86. The van der Waals surface area contributed by atoms with Gasteiger partial charge in [-0.25, -0.2) is 4.79 Å². The van der Waals surface area contributed by atoms with Crippen molar-refractivity contribution in [2.45, 2.75) is 25.4 Å². The fraction of sp³-hybridized carbons (Fsp3) is 0.333. The third kappa shape index (κ3) is 4.06. The van der Waals surface area contributed by atoms with E-state index in [1.165, 1.54) is 0 Å². The average Bonchev–Trinajstić information content (AvgIpc) is 2.59. The molecule has 0 bridgehead atoms. The minimum atomic E-state index is -0.992. The maximum Gasteiger partial charge on any atom is 0.321 e. The first-order chi connectivity index (χ1) is 11.9. The summed E-state index contributed by atoms with van der Waals surface area (Å²) in [5.74, 6) is 0. The van der Waals surface area contributed by atoms with Crippen LogP contribution in [-0.2, 0) is 5.60 Å². The van der Waals surface area contributed by atoms with E-state index in [4.69, 9.17) is 23.2 Å². The SMILES string of the molecule is Cc1ccc(C2(O)CCN(C(=O)Nc3ccc(Cl)c(Cl)c3)CC2)nc1. The minimum Gasteiger partial charge on any atom is -0.383 e. The first-order valence-corrected chi connectivity index (χ1v) is 8.79. The summed E-state index contributed by atoms with van der Waals surface area (Å²) in [5.41, 5.74) is 1.29. The lowest BCUT2D eigenvalue weighted by Gasteiger charge is -2.37. The normalized spacial score (nSPS) is 16.6. The zero-order valence-electron chi connectivity index (χ0n) is 13.8. The number of anilines is 1. The molecule has 0 unspecified atom stereocenters. The van der Waals surface area contributed by atoms with Crippen LogP contribution in [0.2, 0.25) is 10.0 Å². The predicted molar refractivity (Wildman–Crippen MR) is 99.2 cm³/mol. The highest BCUT2D eigenvalue weighted by Gasteiger charge is 2.36. The standard InChI is InChI=1S/C18H19Cl2N3O2/c1-12-2-5-16(21-11-12)18(25)6-8-23(9-7-18)17(24)22-13-3-4-14(19)15(20)10-13/h2-5,10-11,25H,6-9H2,1H3,(H,22,24). The van der Waals surface area contributed by atoms with Crippen LogP contribution in [-0.4, -0.2) is 34.1 Å². The van der Waals surface area contributed by atoms with E-state index in [1.807, 2.05) is 19.1 Å². The molecule has 1 aliphatic heterocycles. The molecule has 0 atom stereocenters. The lowest BCUT2D eigenvalue weighted by atomic mass is 9.87. The Bertz CT molecular complexity index is 772. The monoisotopic (exact) mass is 379 g/mol. The van der Waals surface area contributed by atoms with Crippen LogP contribution in [0.1, 0.15) is 24.1 Å². The molecule has 5 nitrogen and oxygen atoms in total. The van der Waals surface area contributed by atoms with Crippen molar-refractivity contribution >= 4 is 34.9 Å². The lowest BCUT2D eigenvalue weighted by molar-refractivity contribution is -0.0193. The molecule has 25 heavy (non-hydrogen) atoms. The summed E-state index contributed by atoms with van der Waals surface area (Å²) in [6.07, 6.45) is 2.63. The lowest BCUT2D eigenvalue weighted by Crippen LogP contribution is -2.47. The second kappa shape index (κ2) is 7.20. The van der Waals surface area contributed by atoms with Gasteiger partial charge in [-0.15, -0.1) is 0 Å². The fourth-order valence-corrected chi connectivity index (χ4v) is 3.15. The number of carbonyl (C=O) groups is 1. The van der Waals surface area contributed by atoms with Gasteiger partial charge in [-0.1, -0.05) is 29.3 Å². The van der Waals surface area contributed by atoms with Gasteiger partial charge in [-0.05, 0) is 49.6 Å². The van der Waals surface area contributed by atoms with Crippen molar-refractivity contribution in [1.29, 1.82) is 0 Å². The van der Waals surface area contributed by atoms with E-state index in [0.717, 1.165) is 5.56 Å². The number of carbonyl (C=O) groups excluding carboxylic acids is 1. The number of nitrogens with zero attached hydrogens (tertiary/aromatic N) is 2. The second-order valence-corrected chi connectivity index (χ2v) is 7.11. The number of benzene rings is 1. The molecule has 2 N–H and O–H groups in total. The van der Waals surface area contributed by atoms with E-state index >= 15 is 0 Å². The summed E-state index contributed by atoms with van der Waals surface area (Å²) < 4.78 is 0. The Kier molecular flexibility index (Phi) is 5.18. The number of piperidine rings is 1. The van der Waals surface area contributed by atoms with Crippen molar-refractivity contribution in [3.8, 4) is 0 Å². The number of nitrogens with one attached hydrogen (secondary N) is 1. The van der Waals surface area contributed by atoms with Crippen molar-refractivity contribution in [1.82, 2.24) is 9.88 Å². The van der Waals surface area contributed by atoms with Crippen molar-refractivity contribution < 1.29 is 9.90 Å². The zero-order chi connectivity index (χ0) is 18.0. The van der Waals surface area contributed by atoms with Crippen LogP contribution in [0.5, 0.6) is 0 Å². The van der Waals surface area contributed by atoms with Crippen LogP contribution < -0.4 is 5.32 Å². The molecule has 1 aliphatic rings. The highest BCUT2D eigenvalue weighted by molar-refractivity contribution is 6.42. The Labute approximate surface area is 156 Å². The molecular weight excluding hydrogens is 361 g/mol. The molecule has 2 amide bonds. The first kappa shape index (κ1) is 18.0. The van der Waals surface area contributed by atoms with Gasteiger partial charge in [0.25, 0.3) is 0 Å². The highest BCUT2D eigenvalue weighted by atomic mass is 35.5. The summed E-state index contributed by atoms with van der Waals surface area (Å²) in [4.78, 5) is 18.4. The quantitative estimate of drug-likeness (QED) is 0.820. The Hall–Kier alpha value is -1.82. The van der Waals surface area contributed by atoms with Crippen LogP contribution in [0.25, 0.3) is 0 Å². The third-order valence-electron chi connectivity index (χ3n) is 4.44. The van der Waals surface area contributed by atoms with Gasteiger partial charge in [-0.2, -0.15) is 0 Å². The van der Waals surface area contributed by atoms with E-state index in [-0.39, 0.29) is 6.03 Å². The summed E-state index contributed by atoms with van der Waals surface area (Å²) in [6.45, 7) is 2.84. The van der Waals surface area contributed by atoms with E-state index in [1.54, 1.807) is 29.3 Å². The van der Waals surface area contributed by atoms with Crippen LogP contribution in [0.4, 0.5) is 10.5 Å². The zero-order valence-corrected chi connectivity index (χ0v) is 15.3. The molecule has 1 saturated heterocycles. The molecule has 1 fully saturated rings. The minimum absolute atomic E-state index is 0.225. The molecule has 2 aromatic rings. The van der Waals surface area contributed by atoms with Gasteiger partial charge in [0.1, 0.15) is 5.60 Å². The van der Waals surface area contributed by atoms with Crippen LogP contribution in [0.15, 0.2) is 36.5 Å². The first-order valence-electron chi connectivity index (χ1n) is 8.04. The number of likely N-dealkylation sites (tertiary alicyclic amines) is 1. The summed E-state index contributed by atoms with van der Waals surface area (Å²) in [7, 11) is 0. The number of aryl methyl sites for hydroxylation is 1. The number of hydrogen-bond donors (Lipinski definition) is 2. The predicted octanol–water partition coefficient (Wildman–Crippen LogP) is 4.21. The van der Waals surface area contributed by atoms with Crippen molar-refractivity contribution in [3.05, 3.63) is 57.8 Å². The Balaban J connectivity index is 1.62. The molecule has 2 heterocycles. The van der Waals surface area contributed by atoms with Gasteiger partial charge in [0.15, 0.2) is 0 Å². The summed E-state index contributed by atoms with van der Waals surface area (Å²) in [6, 6.07) is 8.50. The number of amides is 2. The van der Waals surface area contributed by atoms with Crippen molar-refractivity contribution in [3.63, 3.8) is 0 Å². The molecule has 1 aromatic heterocycles. The molecule has 3 rings (SSSR count). The number of pyridine rings is 1. The second-order valence-electron chi connectivity index (χ2n) is 6.30. The molecular formula is C18H19Cl2N3O2. The topological polar surface area (TPSA) is 65.5 Å². The van der Waals surface area contributed by atoms with Gasteiger partial charge in [-0.3, -0.25) is 4.98 Å². The molecule has 132 valence electrons. The van der Waals surface area contributed by atoms with Crippen LogP contribution in [0.3, 0.4) is 0 Å². The Morgan fingerprint density at radius 2 is 1.92 bits per heavy atom. The smallest absolute Gasteiger partial charge is 0.321 e. The molecule has 7 heteroatoms. The molecule has 0 saturated carbocycles. The van der Waals surface area contributed by atoms with Gasteiger partial charge in [0.2, 0.25) is 0 Å². The number of hydrogen-bond acceptors (Lipinski definition) is 3. The van der Waals surface area contributed by atoms with E-state index in [2.05, 4.69) is 10.3 Å².